The number of anilines is 1. The molecule has 0 saturated heterocycles. The van der Waals surface area contributed by atoms with Crippen LogP contribution < -0.4 is 10.0 Å². The molecule has 0 spiro atoms. The standard InChI is InChI=1S/C18H25F3N2O2S2/c1-6-10-17(3,4)23-27(24,25)16-8-7-14(12-15(16)18(19,20)21)22-13(2)9-11-26-5/h7-8,12-13,22-23H,9,11H2,1-5H3. The predicted molar refractivity (Wildman–Crippen MR) is 105 cm³/mol. The molecule has 1 aromatic carbocycles. The molecule has 9 heteroatoms. The summed E-state index contributed by atoms with van der Waals surface area (Å²) in [6.45, 7) is 6.35. The number of thioether (sulfide) groups is 1. The van der Waals surface area contributed by atoms with Crippen LogP contribution in [0.3, 0.4) is 0 Å². The van der Waals surface area contributed by atoms with E-state index in [9.17, 15) is 21.6 Å². The molecule has 0 aliphatic heterocycles. The average molecular weight is 423 g/mol. The highest BCUT2D eigenvalue weighted by molar-refractivity contribution is 7.98. The molecule has 0 aliphatic rings. The van der Waals surface area contributed by atoms with Crippen LogP contribution in [0.25, 0.3) is 0 Å². The highest BCUT2D eigenvalue weighted by Crippen LogP contribution is 2.36. The lowest BCUT2D eigenvalue weighted by molar-refractivity contribution is -0.139. The average Bonchev–Trinajstić information content (AvgIpc) is 2.50. The topological polar surface area (TPSA) is 58.2 Å². The van der Waals surface area contributed by atoms with Gasteiger partial charge in [0.15, 0.2) is 0 Å². The largest absolute Gasteiger partial charge is 0.417 e. The van der Waals surface area contributed by atoms with Gasteiger partial charge in [-0.3, -0.25) is 0 Å². The minimum absolute atomic E-state index is 0.0436. The van der Waals surface area contributed by atoms with Gasteiger partial charge in [-0.2, -0.15) is 29.7 Å². The van der Waals surface area contributed by atoms with Gasteiger partial charge < -0.3 is 5.32 Å². The normalized spacial score (nSPS) is 13.6. The Morgan fingerprint density at radius 3 is 2.41 bits per heavy atom. The van der Waals surface area contributed by atoms with Crippen LogP contribution in [0.1, 0.15) is 39.7 Å². The van der Waals surface area contributed by atoms with Crippen molar-refractivity contribution in [2.24, 2.45) is 0 Å². The van der Waals surface area contributed by atoms with Crippen LogP contribution in [-0.4, -0.2) is 32.0 Å². The van der Waals surface area contributed by atoms with Crippen molar-refractivity contribution in [2.45, 2.75) is 56.8 Å². The number of sulfonamides is 1. The Balaban J connectivity index is 3.29. The van der Waals surface area contributed by atoms with Gasteiger partial charge in [0, 0.05) is 11.7 Å². The molecule has 1 unspecified atom stereocenters. The van der Waals surface area contributed by atoms with Gasteiger partial charge in [-0.1, -0.05) is 5.92 Å². The third-order valence-electron chi connectivity index (χ3n) is 3.57. The Labute approximate surface area is 163 Å². The van der Waals surface area contributed by atoms with E-state index in [1.54, 1.807) is 11.8 Å². The highest BCUT2D eigenvalue weighted by atomic mass is 32.2. The van der Waals surface area contributed by atoms with Gasteiger partial charge >= 0.3 is 6.18 Å². The number of halogens is 3. The zero-order chi connectivity index (χ0) is 20.9. The fraction of sp³-hybridized carbons (Fsp3) is 0.556. The van der Waals surface area contributed by atoms with Crippen LogP contribution in [-0.2, 0) is 16.2 Å². The van der Waals surface area contributed by atoms with Crippen LogP contribution in [0.15, 0.2) is 23.1 Å². The van der Waals surface area contributed by atoms with E-state index < -0.39 is 32.2 Å². The smallest absolute Gasteiger partial charge is 0.383 e. The lowest BCUT2D eigenvalue weighted by Crippen LogP contribution is -2.42. The first-order valence-corrected chi connectivity index (χ1v) is 11.1. The fourth-order valence-corrected chi connectivity index (χ4v) is 4.59. The molecule has 0 fully saturated rings. The predicted octanol–water partition coefficient (Wildman–Crippen LogP) is 4.34. The molecule has 27 heavy (non-hydrogen) atoms. The van der Waals surface area contributed by atoms with Crippen molar-refractivity contribution in [1.29, 1.82) is 0 Å². The summed E-state index contributed by atoms with van der Waals surface area (Å²) in [4.78, 5) is -0.816. The molecule has 0 saturated carbocycles. The monoisotopic (exact) mass is 422 g/mol. The Morgan fingerprint density at radius 2 is 1.89 bits per heavy atom. The lowest BCUT2D eigenvalue weighted by Gasteiger charge is -2.22. The Morgan fingerprint density at radius 1 is 1.26 bits per heavy atom. The van der Waals surface area contributed by atoms with Gasteiger partial charge in [-0.25, -0.2) is 8.42 Å². The maximum Gasteiger partial charge on any atom is 0.417 e. The maximum atomic E-state index is 13.5. The maximum absolute atomic E-state index is 13.5. The summed E-state index contributed by atoms with van der Waals surface area (Å²) >= 11 is 1.64. The molecule has 1 atom stereocenters. The zero-order valence-corrected chi connectivity index (χ0v) is 17.6. The lowest BCUT2D eigenvalue weighted by atomic mass is 10.1. The highest BCUT2D eigenvalue weighted by Gasteiger charge is 2.38. The van der Waals surface area contributed by atoms with Gasteiger partial charge in [0.05, 0.1) is 16.0 Å². The van der Waals surface area contributed by atoms with Gasteiger partial charge in [0.25, 0.3) is 0 Å². The summed E-state index contributed by atoms with van der Waals surface area (Å²) in [5.74, 6) is 6.06. The molecule has 4 nitrogen and oxygen atoms in total. The molecule has 0 radical (unpaired) electrons. The first kappa shape index (κ1) is 23.7. The van der Waals surface area contributed by atoms with Crippen molar-refractivity contribution >= 4 is 27.5 Å². The molecule has 0 aliphatic carbocycles. The summed E-state index contributed by atoms with van der Waals surface area (Å²) in [6, 6.07) is 3.11. The molecule has 2 N–H and O–H groups in total. The van der Waals surface area contributed by atoms with E-state index in [4.69, 9.17) is 0 Å². The molecule has 152 valence electrons. The van der Waals surface area contributed by atoms with E-state index in [-0.39, 0.29) is 11.7 Å². The number of hydrogen-bond donors (Lipinski definition) is 2. The van der Waals surface area contributed by atoms with E-state index >= 15 is 0 Å². The second kappa shape index (κ2) is 9.22. The summed E-state index contributed by atoms with van der Waals surface area (Å²) < 4.78 is 67.9. The first-order chi connectivity index (χ1) is 12.3. The van der Waals surface area contributed by atoms with Crippen molar-refractivity contribution in [3.63, 3.8) is 0 Å². The summed E-state index contributed by atoms with van der Waals surface area (Å²) in [6.07, 6.45) is -2.09. The zero-order valence-electron chi connectivity index (χ0n) is 16.0. The number of benzene rings is 1. The third kappa shape index (κ3) is 7.28. The van der Waals surface area contributed by atoms with E-state index in [0.29, 0.717) is 0 Å². The second-order valence-electron chi connectivity index (χ2n) is 6.64. The molecule has 1 rings (SSSR count). The summed E-state index contributed by atoms with van der Waals surface area (Å²) in [7, 11) is -4.42. The quantitative estimate of drug-likeness (QED) is 0.612. The van der Waals surface area contributed by atoms with Gasteiger partial charge in [0.1, 0.15) is 0 Å². The van der Waals surface area contributed by atoms with Crippen LogP contribution in [0, 0.1) is 11.8 Å². The number of nitrogens with one attached hydrogen (secondary N) is 2. The molecule has 0 aromatic heterocycles. The van der Waals surface area contributed by atoms with E-state index in [1.165, 1.54) is 26.8 Å². The second-order valence-corrected chi connectivity index (χ2v) is 9.28. The third-order valence-corrected chi connectivity index (χ3v) is 5.93. The number of hydrogen-bond acceptors (Lipinski definition) is 4. The van der Waals surface area contributed by atoms with Crippen molar-refractivity contribution in [3.8, 4) is 11.8 Å². The number of alkyl halides is 3. The van der Waals surface area contributed by atoms with E-state index in [1.807, 2.05) is 13.2 Å². The SMILES string of the molecule is CC#CC(C)(C)NS(=O)(=O)c1ccc(NC(C)CCSC)cc1C(F)(F)F. The Hall–Kier alpha value is -1.37. The Kier molecular flexibility index (Phi) is 8.08. The number of rotatable bonds is 8. The first-order valence-electron chi connectivity index (χ1n) is 8.27. The van der Waals surface area contributed by atoms with E-state index in [0.717, 1.165) is 24.3 Å². The van der Waals surface area contributed by atoms with Crippen LogP contribution >= 0.6 is 11.8 Å². The van der Waals surface area contributed by atoms with Gasteiger partial charge in [-0.05, 0) is 64.3 Å². The Bertz CT molecular complexity index is 810. The van der Waals surface area contributed by atoms with Crippen molar-refractivity contribution < 1.29 is 21.6 Å². The van der Waals surface area contributed by atoms with Crippen molar-refractivity contribution in [1.82, 2.24) is 4.72 Å². The minimum atomic E-state index is -4.81. The summed E-state index contributed by atoms with van der Waals surface area (Å²) in [5.41, 5.74) is -2.18. The van der Waals surface area contributed by atoms with Crippen molar-refractivity contribution in [2.75, 3.05) is 17.3 Å². The molecular weight excluding hydrogens is 397 g/mol. The molecule has 0 bridgehead atoms. The van der Waals surface area contributed by atoms with Crippen molar-refractivity contribution in [3.05, 3.63) is 23.8 Å². The van der Waals surface area contributed by atoms with Crippen LogP contribution in [0.4, 0.5) is 18.9 Å². The molecule has 1 aromatic rings. The molecular formula is C18H25F3N2O2S2. The van der Waals surface area contributed by atoms with E-state index in [2.05, 4.69) is 21.9 Å². The van der Waals surface area contributed by atoms with Gasteiger partial charge in [0.2, 0.25) is 10.0 Å². The summed E-state index contributed by atoms with van der Waals surface area (Å²) in [5, 5.41) is 2.99. The van der Waals surface area contributed by atoms with Gasteiger partial charge in [-0.15, -0.1) is 5.92 Å². The van der Waals surface area contributed by atoms with Crippen LogP contribution in [0.2, 0.25) is 0 Å². The van der Waals surface area contributed by atoms with Crippen LogP contribution in [0.5, 0.6) is 0 Å². The molecule has 0 heterocycles. The minimum Gasteiger partial charge on any atom is -0.383 e. The molecule has 0 amide bonds. The fourth-order valence-electron chi connectivity index (χ4n) is 2.46.